The van der Waals surface area contributed by atoms with Crippen LogP contribution >= 0.6 is 11.6 Å². The van der Waals surface area contributed by atoms with E-state index in [4.69, 9.17) is 16.7 Å². The summed E-state index contributed by atoms with van der Waals surface area (Å²) in [6, 6.07) is 9.56. The number of rotatable bonds is 2. The van der Waals surface area contributed by atoms with Gasteiger partial charge in [-0.1, -0.05) is 30.3 Å². The highest BCUT2D eigenvalue weighted by atomic mass is 35.5. The molecule has 0 aromatic heterocycles. The van der Waals surface area contributed by atoms with Gasteiger partial charge >= 0.3 is 0 Å². The van der Waals surface area contributed by atoms with Crippen molar-refractivity contribution in [3.63, 3.8) is 0 Å². The first-order valence-corrected chi connectivity index (χ1v) is 4.02. The van der Waals surface area contributed by atoms with Gasteiger partial charge in [-0.05, 0) is 12.5 Å². The summed E-state index contributed by atoms with van der Waals surface area (Å²) in [5, 5.41) is 8.85. The van der Waals surface area contributed by atoms with E-state index in [1.54, 1.807) is 6.92 Å². The molecule has 0 saturated heterocycles. The Hall–Kier alpha value is -0.530. The van der Waals surface area contributed by atoms with Crippen LogP contribution in [0.25, 0.3) is 0 Å². The number of hydrogen-bond acceptors (Lipinski definition) is 1. The fraction of sp³-hybridized carbons (Fsp3) is 0.333. The maximum atomic E-state index is 9.14. The van der Waals surface area contributed by atoms with E-state index < -0.39 is 6.10 Å². The molecule has 60 valence electrons. The summed E-state index contributed by atoms with van der Waals surface area (Å²) in [6.45, 7) is 1.69. The Balaban J connectivity index is 2.77. The minimum Gasteiger partial charge on any atom is -0.392 e. The molecule has 1 aromatic rings. The fourth-order valence-electron chi connectivity index (χ4n) is 0.915. The van der Waals surface area contributed by atoms with Crippen molar-refractivity contribution in [2.45, 2.75) is 18.4 Å². The van der Waals surface area contributed by atoms with Gasteiger partial charge in [-0.3, -0.25) is 0 Å². The van der Waals surface area contributed by atoms with Gasteiger partial charge < -0.3 is 5.11 Å². The molecule has 0 amide bonds. The molecular weight excluding hydrogens is 160 g/mol. The quantitative estimate of drug-likeness (QED) is 0.676. The first kappa shape index (κ1) is 8.57. The summed E-state index contributed by atoms with van der Waals surface area (Å²) in [7, 11) is 0. The lowest BCUT2D eigenvalue weighted by molar-refractivity contribution is 0.190. The van der Waals surface area contributed by atoms with Crippen LogP contribution in [0.2, 0.25) is 0 Å². The standard InChI is InChI=1S/C9H11ClO/c1-7(11)9(10)8-5-3-2-4-6-8/h2-7,9,11H,1H3/t7-,9-/m0/s1. The van der Waals surface area contributed by atoms with Crippen molar-refractivity contribution in [1.82, 2.24) is 0 Å². The first-order valence-electron chi connectivity index (χ1n) is 3.59. The Kier molecular flexibility index (Phi) is 2.92. The van der Waals surface area contributed by atoms with Crippen LogP contribution in [0.5, 0.6) is 0 Å². The Bertz CT molecular complexity index is 208. The summed E-state index contributed by atoms with van der Waals surface area (Å²) >= 11 is 5.89. The topological polar surface area (TPSA) is 20.2 Å². The van der Waals surface area contributed by atoms with Crippen LogP contribution in [-0.4, -0.2) is 11.2 Å². The largest absolute Gasteiger partial charge is 0.392 e. The lowest BCUT2D eigenvalue weighted by Crippen LogP contribution is -2.08. The van der Waals surface area contributed by atoms with E-state index in [0.717, 1.165) is 5.56 Å². The van der Waals surface area contributed by atoms with E-state index in [1.165, 1.54) is 0 Å². The highest BCUT2D eigenvalue weighted by Gasteiger charge is 2.12. The Labute approximate surface area is 71.6 Å². The Morgan fingerprint density at radius 3 is 2.27 bits per heavy atom. The van der Waals surface area contributed by atoms with Crippen molar-refractivity contribution in [3.8, 4) is 0 Å². The number of benzene rings is 1. The smallest absolute Gasteiger partial charge is 0.0841 e. The summed E-state index contributed by atoms with van der Waals surface area (Å²) < 4.78 is 0. The Morgan fingerprint density at radius 1 is 1.27 bits per heavy atom. The second-order valence-electron chi connectivity index (χ2n) is 2.55. The molecule has 1 nitrogen and oxygen atoms in total. The minimum absolute atomic E-state index is 0.295. The highest BCUT2D eigenvalue weighted by Crippen LogP contribution is 2.23. The zero-order valence-corrected chi connectivity index (χ0v) is 7.12. The van der Waals surface area contributed by atoms with Crippen LogP contribution in [0, 0.1) is 0 Å². The minimum atomic E-state index is -0.501. The van der Waals surface area contributed by atoms with Crippen LogP contribution < -0.4 is 0 Å². The normalized spacial score (nSPS) is 15.9. The molecule has 1 rings (SSSR count). The van der Waals surface area contributed by atoms with E-state index in [9.17, 15) is 0 Å². The maximum absolute atomic E-state index is 9.14. The predicted molar refractivity (Wildman–Crippen MR) is 46.7 cm³/mol. The molecule has 1 aromatic carbocycles. The molecule has 2 heteroatoms. The van der Waals surface area contributed by atoms with Gasteiger partial charge in [0.05, 0.1) is 11.5 Å². The molecule has 0 radical (unpaired) electrons. The lowest BCUT2D eigenvalue weighted by Gasteiger charge is -2.11. The monoisotopic (exact) mass is 170 g/mol. The second kappa shape index (κ2) is 3.74. The van der Waals surface area contributed by atoms with Crippen molar-refractivity contribution in [1.29, 1.82) is 0 Å². The number of hydrogen-bond donors (Lipinski definition) is 1. The molecule has 0 aliphatic rings. The van der Waals surface area contributed by atoms with Gasteiger partial charge in [0.2, 0.25) is 0 Å². The van der Waals surface area contributed by atoms with E-state index >= 15 is 0 Å². The fourth-order valence-corrected chi connectivity index (χ4v) is 1.06. The zero-order chi connectivity index (χ0) is 8.27. The molecule has 0 heterocycles. The van der Waals surface area contributed by atoms with Crippen molar-refractivity contribution >= 4 is 11.6 Å². The van der Waals surface area contributed by atoms with Crippen molar-refractivity contribution in [3.05, 3.63) is 35.9 Å². The molecule has 0 spiro atoms. The average Bonchev–Trinajstić information content (AvgIpc) is 2.05. The summed E-state index contributed by atoms with van der Waals surface area (Å²) in [5.74, 6) is 0. The number of aliphatic hydroxyl groups excluding tert-OH is 1. The SMILES string of the molecule is C[C@H](O)[C@H](Cl)c1ccccc1. The van der Waals surface area contributed by atoms with Crippen LogP contribution in [0.1, 0.15) is 17.9 Å². The summed E-state index contributed by atoms with van der Waals surface area (Å²) in [4.78, 5) is 0. The highest BCUT2D eigenvalue weighted by molar-refractivity contribution is 6.21. The first-order chi connectivity index (χ1) is 5.22. The zero-order valence-electron chi connectivity index (χ0n) is 6.37. The number of halogens is 1. The number of alkyl halides is 1. The van der Waals surface area contributed by atoms with E-state index in [2.05, 4.69) is 0 Å². The van der Waals surface area contributed by atoms with Gasteiger partial charge in [0.1, 0.15) is 0 Å². The van der Waals surface area contributed by atoms with Crippen LogP contribution in [-0.2, 0) is 0 Å². The van der Waals surface area contributed by atoms with Crippen molar-refractivity contribution in [2.24, 2.45) is 0 Å². The third kappa shape index (κ3) is 2.21. The van der Waals surface area contributed by atoms with Crippen LogP contribution in [0.4, 0.5) is 0 Å². The predicted octanol–water partition coefficient (Wildman–Crippen LogP) is 2.35. The van der Waals surface area contributed by atoms with Gasteiger partial charge in [-0.15, -0.1) is 11.6 Å². The molecule has 1 N–H and O–H groups in total. The summed E-state index contributed by atoms with van der Waals surface area (Å²) in [6.07, 6.45) is -0.501. The third-order valence-corrected chi connectivity index (χ3v) is 2.16. The molecular formula is C9H11ClO. The third-order valence-electron chi connectivity index (χ3n) is 1.54. The van der Waals surface area contributed by atoms with Gasteiger partial charge in [0.25, 0.3) is 0 Å². The molecule has 0 aliphatic carbocycles. The molecule has 0 bridgehead atoms. The van der Waals surface area contributed by atoms with E-state index in [1.807, 2.05) is 30.3 Å². The maximum Gasteiger partial charge on any atom is 0.0841 e. The van der Waals surface area contributed by atoms with Crippen molar-refractivity contribution < 1.29 is 5.11 Å². The summed E-state index contributed by atoms with van der Waals surface area (Å²) in [5.41, 5.74) is 0.962. The van der Waals surface area contributed by atoms with Crippen LogP contribution in [0.15, 0.2) is 30.3 Å². The van der Waals surface area contributed by atoms with Crippen LogP contribution in [0.3, 0.4) is 0 Å². The van der Waals surface area contributed by atoms with Gasteiger partial charge in [0, 0.05) is 0 Å². The second-order valence-corrected chi connectivity index (χ2v) is 3.02. The lowest BCUT2D eigenvalue weighted by atomic mass is 10.1. The number of aliphatic hydroxyl groups is 1. The van der Waals surface area contributed by atoms with Gasteiger partial charge in [-0.25, -0.2) is 0 Å². The molecule has 0 fully saturated rings. The van der Waals surface area contributed by atoms with Crippen molar-refractivity contribution in [2.75, 3.05) is 0 Å². The van der Waals surface area contributed by atoms with Gasteiger partial charge in [-0.2, -0.15) is 0 Å². The molecule has 0 aliphatic heterocycles. The molecule has 2 atom stereocenters. The molecule has 11 heavy (non-hydrogen) atoms. The molecule has 0 unspecified atom stereocenters. The average molecular weight is 171 g/mol. The van der Waals surface area contributed by atoms with E-state index in [0.29, 0.717) is 0 Å². The van der Waals surface area contributed by atoms with E-state index in [-0.39, 0.29) is 5.38 Å². The Morgan fingerprint density at radius 2 is 1.82 bits per heavy atom. The van der Waals surface area contributed by atoms with Gasteiger partial charge in [0.15, 0.2) is 0 Å². The molecule has 0 saturated carbocycles.